The average Bonchev–Trinajstić information content (AvgIpc) is 3.14. The quantitative estimate of drug-likeness (QED) is 0.641. The topological polar surface area (TPSA) is 105 Å². The van der Waals surface area contributed by atoms with Crippen LogP contribution in [0.5, 0.6) is 5.88 Å². The van der Waals surface area contributed by atoms with Gasteiger partial charge < -0.3 is 25.1 Å². The van der Waals surface area contributed by atoms with E-state index in [1.54, 1.807) is 12.1 Å². The summed E-state index contributed by atoms with van der Waals surface area (Å²) in [5.41, 5.74) is 0.486. The lowest BCUT2D eigenvalue weighted by Crippen LogP contribution is -2.41. The van der Waals surface area contributed by atoms with E-state index >= 15 is 0 Å². The van der Waals surface area contributed by atoms with Gasteiger partial charge in [-0.3, -0.25) is 4.79 Å². The van der Waals surface area contributed by atoms with Gasteiger partial charge in [0.05, 0.1) is 19.4 Å². The molecule has 27 heavy (non-hydrogen) atoms. The number of rotatable bonds is 8. The second-order valence-corrected chi connectivity index (χ2v) is 5.30. The molecule has 3 amide bonds. The van der Waals surface area contributed by atoms with Crippen LogP contribution in [-0.2, 0) is 17.9 Å². The molecule has 11 heteroatoms. The van der Waals surface area contributed by atoms with Crippen molar-refractivity contribution >= 4 is 11.9 Å². The molecule has 2 rings (SSSR count). The number of nitrogens with zero attached hydrogens (tertiary/aromatic N) is 1. The summed E-state index contributed by atoms with van der Waals surface area (Å²) in [4.78, 5) is 26.9. The summed E-state index contributed by atoms with van der Waals surface area (Å²) in [7, 11) is 0. The minimum Gasteiger partial charge on any atom is -0.468 e. The van der Waals surface area contributed by atoms with Gasteiger partial charge in [-0.1, -0.05) is 0 Å². The molecule has 0 aliphatic carbocycles. The Morgan fingerprint density at radius 1 is 1.15 bits per heavy atom. The molecule has 0 fully saturated rings. The first-order chi connectivity index (χ1) is 12.8. The first kappa shape index (κ1) is 20.1. The van der Waals surface area contributed by atoms with Crippen LogP contribution in [0.25, 0.3) is 0 Å². The fourth-order valence-electron chi connectivity index (χ4n) is 1.86. The van der Waals surface area contributed by atoms with Gasteiger partial charge in [-0.25, -0.2) is 9.78 Å². The third-order valence-corrected chi connectivity index (χ3v) is 3.09. The Morgan fingerprint density at radius 2 is 1.96 bits per heavy atom. The Morgan fingerprint density at radius 3 is 2.67 bits per heavy atom. The number of alkyl halides is 3. The number of nitrogens with one attached hydrogen (secondary N) is 3. The molecule has 0 aromatic carbocycles. The molecule has 3 N–H and O–H groups in total. The fraction of sp³-hybridized carbons (Fsp3) is 0.312. The lowest BCUT2D eigenvalue weighted by Gasteiger charge is -2.10. The Kier molecular flexibility index (Phi) is 7.03. The highest BCUT2D eigenvalue weighted by molar-refractivity contribution is 5.83. The maximum atomic E-state index is 12.1. The highest BCUT2D eigenvalue weighted by Crippen LogP contribution is 2.17. The van der Waals surface area contributed by atoms with Crippen LogP contribution in [0.1, 0.15) is 11.3 Å². The van der Waals surface area contributed by atoms with Crippen LogP contribution in [0, 0.1) is 0 Å². The number of furan rings is 1. The van der Waals surface area contributed by atoms with E-state index in [1.807, 2.05) is 0 Å². The van der Waals surface area contributed by atoms with E-state index in [4.69, 9.17) is 4.42 Å². The van der Waals surface area contributed by atoms with Gasteiger partial charge >= 0.3 is 12.2 Å². The maximum absolute atomic E-state index is 12.1. The number of carbonyl (C=O) groups excluding carboxylic acids is 2. The standard InChI is InChI=1S/C16H17F3N4O4/c17-16(18,19)10-27-14-6-11(3-4-20-14)7-22-15(25)23-9-13(24)21-8-12-2-1-5-26-12/h1-6H,7-10H2,(H,21,24)(H2,22,23,25). The normalized spacial score (nSPS) is 10.9. The lowest BCUT2D eigenvalue weighted by atomic mass is 10.2. The van der Waals surface area contributed by atoms with Gasteiger partial charge in [0, 0.05) is 18.8 Å². The van der Waals surface area contributed by atoms with Crippen LogP contribution >= 0.6 is 0 Å². The van der Waals surface area contributed by atoms with E-state index in [-0.39, 0.29) is 25.5 Å². The molecule has 146 valence electrons. The monoisotopic (exact) mass is 386 g/mol. The van der Waals surface area contributed by atoms with Crippen LogP contribution in [0.3, 0.4) is 0 Å². The maximum Gasteiger partial charge on any atom is 0.422 e. The van der Waals surface area contributed by atoms with Gasteiger partial charge in [-0.15, -0.1) is 0 Å². The summed E-state index contributed by atoms with van der Waals surface area (Å²) in [6.45, 7) is -1.48. The zero-order valence-electron chi connectivity index (χ0n) is 14.0. The fourth-order valence-corrected chi connectivity index (χ4v) is 1.86. The molecule has 0 aliphatic heterocycles. The summed E-state index contributed by atoms with van der Waals surface area (Å²) in [5.74, 6) is -0.0355. The highest BCUT2D eigenvalue weighted by atomic mass is 19.4. The van der Waals surface area contributed by atoms with Crippen molar-refractivity contribution in [3.05, 3.63) is 48.0 Å². The molecule has 0 bridgehead atoms. The minimum atomic E-state index is -4.46. The molecule has 0 saturated carbocycles. The smallest absolute Gasteiger partial charge is 0.422 e. The first-order valence-corrected chi connectivity index (χ1v) is 7.77. The Balaban J connectivity index is 1.68. The number of aromatic nitrogens is 1. The van der Waals surface area contributed by atoms with Gasteiger partial charge in [0.1, 0.15) is 5.76 Å². The SMILES string of the molecule is O=C(CNC(=O)NCc1ccnc(OCC(F)(F)F)c1)NCc1ccco1. The van der Waals surface area contributed by atoms with E-state index in [0.29, 0.717) is 11.3 Å². The van der Waals surface area contributed by atoms with Gasteiger partial charge in [0.15, 0.2) is 6.61 Å². The molecule has 0 atom stereocenters. The number of urea groups is 1. The average molecular weight is 386 g/mol. The molecule has 0 saturated heterocycles. The second-order valence-electron chi connectivity index (χ2n) is 5.30. The van der Waals surface area contributed by atoms with Gasteiger partial charge in [-0.2, -0.15) is 13.2 Å². The predicted octanol–water partition coefficient (Wildman–Crippen LogP) is 1.73. The highest BCUT2D eigenvalue weighted by Gasteiger charge is 2.28. The van der Waals surface area contributed by atoms with Crippen molar-refractivity contribution < 1.29 is 31.9 Å². The number of amides is 3. The van der Waals surface area contributed by atoms with Crippen LogP contribution in [0.2, 0.25) is 0 Å². The molecule has 0 unspecified atom stereocenters. The van der Waals surface area contributed by atoms with E-state index in [9.17, 15) is 22.8 Å². The molecular weight excluding hydrogens is 369 g/mol. The predicted molar refractivity (Wildman–Crippen MR) is 86.6 cm³/mol. The molecule has 2 aromatic heterocycles. The first-order valence-electron chi connectivity index (χ1n) is 7.77. The molecule has 8 nitrogen and oxygen atoms in total. The van der Waals surface area contributed by atoms with Crippen LogP contribution in [0.15, 0.2) is 41.1 Å². The third kappa shape index (κ3) is 8.12. The van der Waals surface area contributed by atoms with E-state index < -0.39 is 24.7 Å². The molecule has 0 spiro atoms. The second kappa shape index (κ2) is 9.46. The Hall–Kier alpha value is -3.24. The van der Waals surface area contributed by atoms with Gasteiger partial charge in [0.25, 0.3) is 0 Å². The third-order valence-electron chi connectivity index (χ3n) is 3.09. The van der Waals surface area contributed by atoms with Crippen LogP contribution in [0.4, 0.5) is 18.0 Å². The Labute approximate surface area is 152 Å². The summed E-state index contributed by atoms with van der Waals surface area (Å²) >= 11 is 0. The van der Waals surface area contributed by atoms with Crippen LogP contribution in [-0.4, -0.2) is 36.3 Å². The van der Waals surface area contributed by atoms with Crippen LogP contribution < -0.4 is 20.7 Å². The lowest BCUT2D eigenvalue weighted by molar-refractivity contribution is -0.154. The molecule has 2 heterocycles. The van der Waals surface area contributed by atoms with Crippen molar-refractivity contribution in [3.63, 3.8) is 0 Å². The van der Waals surface area contributed by atoms with Crippen molar-refractivity contribution in [2.45, 2.75) is 19.3 Å². The molecule has 2 aromatic rings. The zero-order valence-corrected chi connectivity index (χ0v) is 14.0. The summed E-state index contributed by atoms with van der Waals surface area (Å²) < 4.78 is 46.0. The zero-order chi connectivity index (χ0) is 19.7. The van der Waals surface area contributed by atoms with Gasteiger partial charge in [0.2, 0.25) is 11.8 Å². The largest absolute Gasteiger partial charge is 0.468 e. The molecule has 0 aliphatic rings. The molecule has 0 radical (unpaired) electrons. The van der Waals surface area contributed by atoms with Crippen molar-refractivity contribution in [1.29, 1.82) is 0 Å². The van der Waals surface area contributed by atoms with Crippen molar-refractivity contribution in [1.82, 2.24) is 20.9 Å². The van der Waals surface area contributed by atoms with Gasteiger partial charge in [-0.05, 0) is 23.8 Å². The summed E-state index contributed by atoms with van der Waals surface area (Å²) in [6, 6.07) is 5.56. The van der Waals surface area contributed by atoms with E-state index in [2.05, 4.69) is 25.7 Å². The van der Waals surface area contributed by atoms with Crippen molar-refractivity contribution in [2.75, 3.05) is 13.2 Å². The number of ether oxygens (including phenoxy) is 1. The number of halogens is 3. The van der Waals surface area contributed by atoms with E-state index in [1.165, 1.54) is 24.6 Å². The number of hydrogen-bond acceptors (Lipinski definition) is 5. The molecular formula is C16H17F3N4O4. The number of pyridine rings is 1. The summed E-state index contributed by atoms with van der Waals surface area (Å²) in [6.07, 6.45) is -1.72. The van der Waals surface area contributed by atoms with Crippen molar-refractivity contribution in [2.24, 2.45) is 0 Å². The van der Waals surface area contributed by atoms with Crippen molar-refractivity contribution in [3.8, 4) is 5.88 Å². The van der Waals surface area contributed by atoms with E-state index in [0.717, 1.165) is 0 Å². The number of carbonyl (C=O) groups is 2. The number of hydrogen-bond donors (Lipinski definition) is 3. The Bertz CT molecular complexity index is 750. The minimum absolute atomic E-state index is 0.0186. The summed E-state index contributed by atoms with van der Waals surface area (Å²) in [5, 5.41) is 7.38.